The van der Waals surface area contributed by atoms with Crippen LogP contribution in [-0.4, -0.2) is 28.6 Å². The van der Waals surface area contributed by atoms with Crippen LogP contribution in [0.4, 0.5) is 0 Å². The lowest BCUT2D eigenvalue weighted by atomic mass is 10.1. The van der Waals surface area contributed by atoms with Crippen molar-refractivity contribution in [3.05, 3.63) is 58.6 Å². The Hall–Kier alpha value is -1.90. The zero-order chi connectivity index (χ0) is 17.7. The average Bonchev–Trinajstić information content (AvgIpc) is 2.59. The normalized spacial score (nSPS) is 12.5. The Morgan fingerprint density at radius 3 is 2.38 bits per heavy atom. The molecule has 2 rings (SSSR count). The molecule has 0 aliphatic carbocycles. The number of ether oxygens (including phenoxy) is 2. The number of esters is 1. The number of carbonyl (C=O) groups excluding carboxylic acids is 1. The maximum atomic E-state index is 12.7. The highest BCUT2D eigenvalue weighted by atomic mass is 79.9. The van der Waals surface area contributed by atoms with Crippen LogP contribution in [0, 0.1) is 0 Å². The second-order valence-electron chi connectivity index (χ2n) is 4.78. The third-order valence-corrected chi connectivity index (χ3v) is 5.20. The zero-order valence-electron chi connectivity index (χ0n) is 13.0. The number of sulfonamides is 1. The fraction of sp³-hybridized carbons (Fsp3) is 0.188. The summed E-state index contributed by atoms with van der Waals surface area (Å²) in [5.74, 6) is -0.541. The highest BCUT2D eigenvalue weighted by Gasteiger charge is 2.29. The summed E-state index contributed by atoms with van der Waals surface area (Å²) in [6.45, 7) is 0. The van der Waals surface area contributed by atoms with Crippen molar-refractivity contribution in [2.24, 2.45) is 0 Å². The molecule has 0 bridgehead atoms. The predicted octanol–water partition coefficient (Wildman–Crippen LogP) is 2.65. The lowest BCUT2D eigenvalue weighted by Gasteiger charge is -2.18. The molecule has 0 amide bonds. The van der Waals surface area contributed by atoms with Gasteiger partial charge in [-0.15, -0.1) is 0 Å². The molecule has 0 aliphatic rings. The first-order chi connectivity index (χ1) is 11.4. The maximum Gasteiger partial charge on any atom is 0.328 e. The molecule has 0 aromatic heterocycles. The molecule has 8 heteroatoms. The zero-order valence-corrected chi connectivity index (χ0v) is 15.4. The van der Waals surface area contributed by atoms with Crippen LogP contribution in [0.25, 0.3) is 0 Å². The Labute approximate surface area is 149 Å². The van der Waals surface area contributed by atoms with Crippen LogP contribution in [-0.2, 0) is 19.6 Å². The fourth-order valence-electron chi connectivity index (χ4n) is 2.09. The largest absolute Gasteiger partial charge is 0.495 e. The number of nitrogens with one attached hydrogen (secondary N) is 1. The first kappa shape index (κ1) is 18.4. The number of hydrogen-bond acceptors (Lipinski definition) is 5. The van der Waals surface area contributed by atoms with E-state index >= 15 is 0 Å². The van der Waals surface area contributed by atoms with Gasteiger partial charge in [-0.2, -0.15) is 4.72 Å². The Bertz CT molecular complexity index is 824. The summed E-state index contributed by atoms with van der Waals surface area (Å²) in [5.41, 5.74) is 0.474. The van der Waals surface area contributed by atoms with Gasteiger partial charge in [-0.3, -0.25) is 0 Å². The summed E-state index contributed by atoms with van der Waals surface area (Å²) in [4.78, 5) is 12.0. The Morgan fingerprint density at radius 2 is 1.79 bits per heavy atom. The van der Waals surface area contributed by atoms with E-state index in [1.807, 2.05) is 0 Å². The monoisotopic (exact) mass is 413 g/mol. The van der Waals surface area contributed by atoms with E-state index in [0.717, 1.165) is 0 Å². The number of benzene rings is 2. The summed E-state index contributed by atoms with van der Waals surface area (Å²) in [6, 6.07) is 11.9. The van der Waals surface area contributed by atoms with Crippen molar-refractivity contribution in [2.45, 2.75) is 10.9 Å². The van der Waals surface area contributed by atoms with E-state index in [2.05, 4.69) is 20.7 Å². The summed E-state index contributed by atoms with van der Waals surface area (Å²) < 4.78 is 38.3. The van der Waals surface area contributed by atoms with E-state index in [0.29, 0.717) is 10.0 Å². The number of rotatable bonds is 6. The van der Waals surface area contributed by atoms with Crippen LogP contribution in [0.1, 0.15) is 11.6 Å². The minimum absolute atomic E-state index is 0.0794. The Morgan fingerprint density at radius 1 is 1.12 bits per heavy atom. The molecule has 0 saturated heterocycles. The fourth-order valence-corrected chi connectivity index (χ4v) is 3.98. The molecule has 24 heavy (non-hydrogen) atoms. The second kappa shape index (κ2) is 7.78. The van der Waals surface area contributed by atoms with Gasteiger partial charge in [-0.1, -0.05) is 46.3 Å². The van der Waals surface area contributed by atoms with Crippen molar-refractivity contribution in [1.82, 2.24) is 4.72 Å². The second-order valence-corrected chi connectivity index (χ2v) is 7.38. The van der Waals surface area contributed by atoms with E-state index in [-0.39, 0.29) is 10.6 Å². The van der Waals surface area contributed by atoms with Crippen LogP contribution >= 0.6 is 15.9 Å². The van der Waals surface area contributed by atoms with Crippen LogP contribution in [0.3, 0.4) is 0 Å². The smallest absolute Gasteiger partial charge is 0.328 e. The highest BCUT2D eigenvalue weighted by Crippen LogP contribution is 2.28. The minimum Gasteiger partial charge on any atom is -0.495 e. The van der Waals surface area contributed by atoms with E-state index in [1.165, 1.54) is 26.4 Å². The highest BCUT2D eigenvalue weighted by molar-refractivity contribution is 9.10. The van der Waals surface area contributed by atoms with Gasteiger partial charge in [0.15, 0.2) is 0 Å². The van der Waals surface area contributed by atoms with Crippen molar-refractivity contribution >= 4 is 31.9 Å². The van der Waals surface area contributed by atoms with Crippen molar-refractivity contribution in [3.8, 4) is 5.75 Å². The quantitative estimate of drug-likeness (QED) is 0.736. The van der Waals surface area contributed by atoms with Gasteiger partial charge in [0.05, 0.1) is 14.2 Å². The lowest BCUT2D eigenvalue weighted by Crippen LogP contribution is -2.34. The first-order valence-corrected chi connectivity index (χ1v) is 9.15. The van der Waals surface area contributed by atoms with Gasteiger partial charge in [0.1, 0.15) is 16.7 Å². The number of halogens is 1. The average molecular weight is 414 g/mol. The third kappa shape index (κ3) is 4.14. The minimum atomic E-state index is -4.03. The van der Waals surface area contributed by atoms with Crippen molar-refractivity contribution in [3.63, 3.8) is 0 Å². The summed E-state index contributed by atoms with van der Waals surface area (Å²) >= 11 is 3.23. The molecule has 0 fully saturated rings. The molecule has 2 aromatic carbocycles. The molecular weight excluding hydrogens is 398 g/mol. The molecule has 1 N–H and O–H groups in total. The maximum absolute atomic E-state index is 12.7. The number of carbonyl (C=O) groups is 1. The van der Waals surface area contributed by atoms with Crippen LogP contribution < -0.4 is 9.46 Å². The molecule has 0 heterocycles. The Kier molecular flexibility index (Phi) is 5.98. The van der Waals surface area contributed by atoms with Gasteiger partial charge in [-0.05, 0) is 23.8 Å². The lowest BCUT2D eigenvalue weighted by molar-refractivity contribution is -0.142. The molecule has 0 radical (unpaired) electrons. The van der Waals surface area contributed by atoms with Gasteiger partial charge < -0.3 is 9.47 Å². The van der Waals surface area contributed by atoms with E-state index in [1.54, 1.807) is 36.4 Å². The van der Waals surface area contributed by atoms with E-state index in [4.69, 9.17) is 9.47 Å². The topological polar surface area (TPSA) is 81.7 Å². The van der Waals surface area contributed by atoms with Crippen molar-refractivity contribution in [1.29, 1.82) is 0 Å². The third-order valence-electron chi connectivity index (χ3n) is 3.26. The molecule has 6 nitrogen and oxygen atoms in total. The molecule has 1 unspecified atom stereocenters. The molecule has 0 saturated carbocycles. The predicted molar refractivity (Wildman–Crippen MR) is 92.2 cm³/mol. The van der Waals surface area contributed by atoms with Gasteiger partial charge in [0, 0.05) is 4.47 Å². The summed E-state index contributed by atoms with van der Waals surface area (Å²) in [7, 11) is -1.46. The standard InChI is InChI=1S/C16H16BrNO5S/c1-22-13-9-8-12(17)10-14(13)24(20,21)18-15(16(19)23-2)11-6-4-3-5-7-11/h3-10,15,18H,1-2H3. The van der Waals surface area contributed by atoms with Crippen LogP contribution in [0.5, 0.6) is 5.75 Å². The van der Waals surface area contributed by atoms with Crippen molar-refractivity contribution < 1.29 is 22.7 Å². The van der Waals surface area contributed by atoms with Crippen LogP contribution in [0.2, 0.25) is 0 Å². The van der Waals surface area contributed by atoms with Crippen LogP contribution in [0.15, 0.2) is 57.9 Å². The molecule has 1 atom stereocenters. The van der Waals surface area contributed by atoms with Gasteiger partial charge >= 0.3 is 5.97 Å². The summed E-state index contributed by atoms with van der Waals surface area (Å²) in [6.07, 6.45) is 0. The number of hydrogen-bond donors (Lipinski definition) is 1. The molecule has 0 spiro atoms. The molecule has 2 aromatic rings. The molecule has 0 aliphatic heterocycles. The summed E-state index contributed by atoms with van der Waals surface area (Å²) in [5, 5.41) is 0. The Balaban J connectivity index is 2.45. The number of methoxy groups -OCH3 is 2. The first-order valence-electron chi connectivity index (χ1n) is 6.87. The van der Waals surface area contributed by atoms with Gasteiger partial charge in [0.2, 0.25) is 10.0 Å². The van der Waals surface area contributed by atoms with Gasteiger partial charge in [0.25, 0.3) is 0 Å². The van der Waals surface area contributed by atoms with Gasteiger partial charge in [-0.25, -0.2) is 13.2 Å². The van der Waals surface area contributed by atoms with E-state index in [9.17, 15) is 13.2 Å². The van der Waals surface area contributed by atoms with Crippen molar-refractivity contribution in [2.75, 3.05) is 14.2 Å². The molecular formula is C16H16BrNO5S. The van der Waals surface area contributed by atoms with E-state index < -0.39 is 22.0 Å². The SMILES string of the molecule is COC(=O)C(NS(=O)(=O)c1cc(Br)ccc1OC)c1ccccc1. The molecule has 128 valence electrons.